The maximum absolute atomic E-state index is 10.7. The summed E-state index contributed by atoms with van der Waals surface area (Å²) in [5.41, 5.74) is 6.47. The first-order chi connectivity index (χ1) is 9.72. The Kier molecular flexibility index (Phi) is 5.10. The SMILES string of the molecule is CC(C)CCC[C@@H](C)[C@H]1CC[C@@]2(C)[C@@H](O)[C@@H](N)CC[C@]12C. The molecule has 0 bridgehead atoms. The summed E-state index contributed by atoms with van der Waals surface area (Å²) in [6, 6.07) is -0.0157. The number of hydrogen-bond donors (Lipinski definition) is 2. The topological polar surface area (TPSA) is 46.2 Å². The Morgan fingerprint density at radius 3 is 2.29 bits per heavy atom. The maximum atomic E-state index is 10.7. The van der Waals surface area contributed by atoms with Crippen molar-refractivity contribution in [3.8, 4) is 0 Å². The van der Waals surface area contributed by atoms with Crippen molar-refractivity contribution in [2.24, 2.45) is 34.3 Å². The van der Waals surface area contributed by atoms with Gasteiger partial charge in [0.25, 0.3) is 0 Å². The zero-order valence-electron chi connectivity index (χ0n) is 14.9. The van der Waals surface area contributed by atoms with E-state index in [1.165, 1.54) is 32.1 Å². The van der Waals surface area contributed by atoms with Gasteiger partial charge in [0.15, 0.2) is 0 Å². The molecule has 0 aromatic rings. The molecule has 0 spiro atoms. The molecule has 3 N–H and O–H groups in total. The van der Waals surface area contributed by atoms with E-state index in [-0.39, 0.29) is 23.0 Å². The minimum Gasteiger partial charge on any atom is -0.391 e. The lowest BCUT2D eigenvalue weighted by atomic mass is 9.53. The van der Waals surface area contributed by atoms with E-state index in [2.05, 4.69) is 34.6 Å². The first-order valence-corrected chi connectivity index (χ1v) is 9.16. The lowest BCUT2D eigenvalue weighted by molar-refractivity contribution is -0.106. The Morgan fingerprint density at radius 1 is 1.05 bits per heavy atom. The molecule has 0 amide bonds. The van der Waals surface area contributed by atoms with Crippen LogP contribution in [0.2, 0.25) is 0 Å². The molecule has 2 rings (SSSR count). The van der Waals surface area contributed by atoms with E-state index in [0.29, 0.717) is 0 Å². The van der Waals surface area contributed by atoms with E-state index in [9.17, 15) is 5.11 Å². The highest BCUT2D eigenvalue weighted by molar-refractivity contribution is 5.11. The minimum atomic E-state index is -0.316. The Labute approximate surface area is 131 Å². The molecule has 2 saturated carbocycles. The Bertz CT molecular complexity index is 355. The van der Waals surface area contributed by atoms with Gasteiger partial charge in [0.2, 0.25) is 0 Å². The predicted octanol–water partition coefficient (Wildman–Crippen LogP) is 4.35. The van der Waals surface area contributed by atoms with Gasteiger partial charge in [-0.15, -0.1) is 0 Å². The van der Waals surface area contributed by atoms with E-state index in [4.69, 9.17) is 5.73 Å². The van der Waals surface area contributed by atoms with Gasteiger partial charge in [-0.25, -0.2) is 0 Å². The van der Waals surface area contributed by atoms with Crippen molar-refractivity contribution in [2.45, 2.75) is 91.7 Å². The molecular formula is C19H37NO. The summed E-state index contributed by atoms with van der Waals surface area (Å²) in [5.74, 6) is 2.35. The van der Waals surface area contributed by atoms with Gasteiger partial charge in [0.05, 0.1) is 6.10 Å². The number of aliphatic hydroxyl groups is 1. The summed E-state index contributed by atoms with van der Waals surface area (Å²) in [5, 5.41) is 10.7. The van der Waals surface area contributed by atoms with Crippen LogP contribution in [0.5, 0.6) is 0 Å². The van der Waals surface area contributed by atoms with Gasteiger partial charge in [-0.1, -0.05) is 53.9 Å². The molecule has 0 unspecified atom stereocenters. The molecular weight excluding hydrogens is 258 g/mol. The van der Waals surface area contributed by atoms with Gasteiger partial charge in [-0.3, -0.25) is 0 Å². The molecule has 0 aromatic heterocycles. The van der Waals surface area contributed by atoms with Crippen LogP contribution in [-0.2, 0) is 0 Å². The van der Waals surface area contributed by atoms with Crippen LogP contribution in [0.25, 0.3) is 0 Å². The van der Waals surface area contributed by atoms with Gasteiger partial charge in [0.1, 0.15) is 0 Å². The summed E-state index contributed by atoms with van der Waals surface area (Å²) in [4.78, 5) is 0. The lowest BCUT2D eigenvalue weighted by Gasteiger charge is -2.54. The average molecular weight is 296 g/mol. The predicted molar refractivity (Wildman–Crippen MR) is 90.0 cm³/mol. The monoisotopic (exact) mass is 295 g/mol. The van der Waals surface area contributed by atoms with E-state index >= 15 is 0 Å². The molecule has 2 nitrogen and oxygen atoms in total. The van der Waals surface area contributed by atoms with E-state index in [0.717, 1.165) is 30.6 Å². The van der Waals surface area contributed by atoms with Crippen LogP contribution < -0.4 is 5.73 Å². The van der Waals surface area contributed by atoms with E-state index in [1.807, 2.05) is 0 Å². The number of hydrogen-bond acceptors (Lipinski definition) is 2. The van der Waals surface area contributed by atoms with Gasteiger partial charge >= 0.3 is 0 Å². The van der Waals surface area contributed by atoms with Crippen molar-refractivity contribution in [3.63, 3.8) is 0 Å². The third kappa shape index (κ3) is 2.91. The van der Waals surface area contributed by atoms with Crippen LogP contribution in [0, 0.1) is 28.6 Å². The highest BCUT2D eigenvalue weighted by Gasteiger charge is 2.61. The molecule has 2 aliphatic carbocycles. The standard InChI is InChI=1S/C19H37NO/c1-13(2)7-6-8-14(3)15-9-11-19(5)17(21)16(20)10-12-18(15,19)4/h13-17,21H,6-12,20H2,1-5H3/t14-,15-,16+,17+,18-,19+/m1/s1. The average Bonchev–Trinajstić information content (AvgIpc) is 2.68. The highest BCUT2D eigenvalue weighted by Crippen LogP contribution is 2.65. The minimum absolute atomic E-state index is 0.0157. The van der Waals surface area contributed by atoms with Crippen molar-refractivity contribution >= 4 is 0 Å². The maximum Gasteiger partial charge on any atom is 0.0749 e. The molecule has 0 aromatic carbocycles. The summed E-state index contributed by atoms with van der Waals surface area (Å²) in [6.07, 6.45) is 8.34. The van der Waals surface area contributed by atoms with Crippen molar-refractivity contribution in [1.82, 2.24) is 0 Å². The summed E-state index contributed by atoms with van der Waals surface area (Å²) in [7, 11) is 0. The van der Waals surface area contributed by atoms with Crippen molar-refractivity contribution in [1.29, 1.82) is 0 Å². The summed E-state index contributed by atoms with van der Waals surface area (Å²) < 4.78 is 0. The highest BCUT2D eigenvalue weighted by atomic mass is 16.3. The molecule has 0 radical (unpaired) electrons. The van der Waals surface area contributed by atoms with Crippen molar-refractivity contribution in [2.75, 3.05) is 0 Å². The number of aliphatic hydroxyl groups excluding tert-OH is 1. The second-order valence-electron chi connectivity index (χ2n) is 8.93. The third-order valence-electron chi connectivity index (χ3n) is 7.28. The van der Waals surface area contributed by atoms with Gasteiger partial charge in [0, 0.05) is 11.5 Å². The van der Waals surface area contributed by atoms with Gasteiger partial charge in [-0.2, -0.15) is 0 Å². The van der Waals surface area contributed by atoms with E-state index in [1.54, 1.807) is 0 Å². The Morgan fingerprint density at radius 2 is 1.67 bits per heavy atom. The first-order valence-electron chi connectivity index (χ1n) is 9.16. The van der Waals surface area contributed by atoms with Crippen molar-refractivity contribution in [3.05, 3.63) is 0 Å². The van der Waals surface area contributed by atoms with Crippen LogP contribution >= 0.6 is 0 Å². The third-order valence-corrected chi connectivity index (χ3v) is 7.28. The molecule has 0 heterocycles. The Balaban J connectivity index is 2.06. The molecule has 0 aliphatic heterocycles. The van der Waals surface area contributed by atoms with Crippen LogP contribution in [0.3, 0.4) is 0 Å². The molecule has 6 atom stereocenters. The molecule has 124 valence electrons. The van der Waals surface area contributed by atoms with Gasteiger partial charge in [-0.05, 0) is 48.9 Å². The van der Waals surface area contributed by atoms with Crippen LogP contribution in [0.15, 0.2) is 0 Å². The molecule has 2 aliphatic rings. The van der Waals surface area contributed by atoms with Crippen LogP contribution in [0.4, 0.5) is 0 Å². The lowest BCUT2D eigenvalue weighted by Crippen LogP contribution is -2.57. The molecule has 0 saturated heterocycles. The Hall–Kier alpha value is -0.0800. The zero-order chi connectivity index (χ0) is 15.8. The fraction of sp³-hybridized carbons (Fsp3) is 1.00. The number of rotatable bonds is 5. The molecule has 2 heteroatoms. The molecule has 2 fully saturated rings. The fourth-order valence-electron chi connectivity index (χ4n) is 5.50. The van der Waals surface area contributed by atoms with Crippen molar-refractivity contribution < 1.29 is 5.11 Å². The summed E-state index contributed by atoms with van der Waals surface area (Å²) in [6.45, 7) is 11.8. The van der Waals surface area contributed by atoms with E-state index < -0.39 is 0 Å². The fourth-order valence-corrected chi connectivity index (χ4v) is 5.50. The first kappa shape index (κ1) is 17.3. The van der Waals surface area contributed by atoms with Gasteiger partial charge < -0.3 is 10.8 Å². The number of fused-ring (bicyclic) bond motifs is 1. The largest absolute Gasteiger partial charge is 0.391 e. The summed E-state index contributed by atoms with van der Waals surface area (Å²) >= 11 is 0. The number of nitrogens with two attached hydrogens (primary N) is 1. The second-order valence-corrected chi connectivity index (χ2v) is 8.93. The van der Waals surface area contributed by atoms with Crippen LogP contribution in [0.1, 0.15) is 79.6 Å². The van der Waals surface area contributed by atoms with Crippen LogP contribution in [-0.4, -0.2) is 17.3 Å². The second kappa shape index (κ2) is 6.20. The molecule has 21 heavy (non-hydrogen) atoms. The smallest absolute Gasteiger partial charge is 0.0749 e. The normalized spacial score (nSPS) is 44.9. The quantitative estimate of drug-likeness (QED) is 0.792. The zero-order valence-corrected chi connectivity index (χ0v) is 14.9.